The molecule has 8 heteroatoms. The van der Waals surface area contributed by atoms with Gasteiger partial charge >= 0.3 is 6.03 Å². The Balaban J connectivity index is 1.52. The molecule has 3 heterocycles. The zero-order chi connectivity index (χ0) is 19.9. The maximum absolute atomic E-state index is 13.0. The summed E-state index contributed by atoms with van der Waals surface area (Å²) in [5.74, 6) is -0.639. The maximum atomic E-state index is 13.0. The van der Waals surface area contributed by atoms with Gasteiger partial charge in [0, 0.05) is 16.4 Å². The van der Waals surface area contributed by atoms with Crippen molar-refractivity contribution in [2.75, 3.05) is 13.1 Å². The highest BCUT2D eigenvalue weighted by molar-refractivity contribution is 7.10. The van der Waals surface area contributed by atoms with Gasteiger partial charge in [0.25, 0.3) is 5.91 Å². The lowest BCUT2D eigenvalue weighted by Gasteiger charge is -2.26. The van der Waals surface area contributed by atoms with E-state index in [1.807, 2.05) is 17.5 Å². The molecule has 1 N–H and O–H groups in total. The third-order valence-electron chi connectivity index (χ3n) is 5.43. The standard InChI is InChI=1S/C20H20ClN3O3S/c1-20(13-6-8-14(21)9-7-13)18(26)24(19(27)22-20)12-17(25)23-10-2-4-15(23)16-5-3-11-28-16/h3,5-9,11,15H,2,4,10,12H2,1H3,(H,22,27). The molecule has 2 aliphatic heterocycles. The molecule has 2 unspecified atom stereocenters. The number of carbonyl (C=O) groups is 3. The number of hydrogen-bond acceptors (Lipinski definition) is 4. The summed E-state index contributed by atoms with van der Waals surface area (Å²) in [6.07, 6.45) is 1.81. The van der Waals surface area contributed by atoms with Gasteiger partial charge in [-0.3, -0.25) is 14.5 Å². The molecule has 146 valence electrons. The van der Waals surface area contributed by atoms with Crippen LogP contribution in [-0.2, 0) is 15.1 Å². The normalized spacial score (nSPS) is 24.7. The van der Waals surface area contributed by atoms with E-state index in [9.17, 15) is 14.4 Å². The third kappa shape index (κ3) is 3.18. The lowest BCUT2D eigenvalue weighted by Crippen LogP contribution is -2.44. The highest BCUT2D eigenvalue weighted by Crippen LogP contribution is 2.35. The van der Waals surface area contributed by atoms with Crippen molar-refractivity contribution < 1.29 is 14.4 Å². The highest BCUT2D eigenvalue weighted by Gasteiger charge is 2.50. The largest absolute Gasteiger partial charge is 0.333 e. The average molecular weight is 418 g/mol. The molecule has 28 heavy (non-hydrogen) atoms. The number of carbonyl (C=O) groups excluding carboxylic acids is 3. The molecule has 0 aliphatic carbocycles. The van der Waals surface area contributed by atoms with Crippen molar-refractivity contribution in [2.45, 2.75) is 31.3 Å². The van der Waals surface area contributed by atoms with Gasteiger partial charge in [-0.05, 0) is 48.9 Å². The molecule has 4 amide bonds. The molecule has 0 spiro atoms. The Kier molecular flexibility index (Phi) is 4.89. The fourth-order valence-corrected chi connectivity index (χ4v) is 4.89. The molecule has 1 aromatic carbocycles. The van der Waals surface area contributed by atoms with Crippen LogP contribution in [0.2, 0.25) is 5.02 Å². The van der Waals surface area contributed by atoms with Crippen molar-refractivity contribution in [3.8, 4) is 0 Å². The highest BCUT2D eigenvalue weighted by atomic mass is 35.5. The molecule has 2 fully saturated rings. The van der Waals surface area contributed by atoms with Gasteiger partial charge in [-0.15, -0.1) is 11.3 Å². The summed E-state index contributed by atoms with van der Waals surface area (Å²) in [6, 6.07) is 10.2. The SMILES string of the molecule is CC1(c2ccc(Cl)cc2)NC(=O)N(CC(=O)N2CCCC2c2cccs2)C1=O. The lowest BCUT2D eigenvalue weighted by atomic mass is 9.92. The number of hydrogen-bond donors (Lipinski definition) is 1. The van der Waals surface area contributed by atoms with Gasteiger partial charge < -0.3 is 10.2 Å². The fraction of sp³-hybridized carbons (Fsp3) is 0.350. The van der Waals surface area contributed by atoms with E-state index in [0.29, 0.717) is 17.1 Å². The number of thiophene rings is 1. The van der Waals surface area contributed by atoms with E-state index < -0.39 is 17.5 Å². The van der Waals surface area contributed by atoms with Crippen molar-refractivity contribution in [1.29, 1.82) is 0 Å². The van der Waals surface area contributed by atoms with Gasteiger partial charge in [-0.1, -0.05) is 29.8 Å². The first-order chi connectivity index (χ1) is 13.4. The van der Waals surface area contributed by atoms with E-state index in [2.05, 4.69) is 5.32 Å². The maximum Gasteiger partial charge on any atom is 0.325 e. The number of imide groups is 1. The molecule has 0 bridgehead atoms. The summed E-state index contributed by atoms with van der Waals surface area (Å²) in [4.78, 5) is 42.4. The topological polar surface area (TPSA) is 69.7 Å². The molecule has 1 aromatic heterocycles. The van der Waals surface area contributed by atoms with Crippen LogP contribution >= 0.6 is 22.9 Å². The Morgan fingerprint density at radius 1 is 1.29 bits per heavy atom. The molecular weight excluding hydrogens is 398 g/mol. The van der Waals surface area contributed by atoms with Crippen LogP contribution in [0.4, 0.5) is 4.79 Å². The molecule has 0 saturated carbocycles. The van der Waals surface area contributed by atoms with E-state index in [0.717, 1.165) is 22.6 Å². The Labute approximate surface area is 172 Å². The number of nitrogens with zero attached hydrogens (tertiary/aromatic N) is 2. The first kappa shape index (κ1) is 19.0. The Bertz CT molecular complexity index is 915. The zero-order valence-electron chi connectivity index (χ0n) is 15.4. The van der Waals surface area contributed by atoms with Crippen molar-refractivity contribution in [3.05, 3.63) is 57.2 Å². The van der Waals surface area contributed by atoms with Gasteiger partial charge in [0.2, 0.25) is 5.91 Å². The zero-order valence-corrected chi connectivity index (χ0v) is 16.9. The van der Waals surface area contributed by atoms with Crippen molar-refractivity contribution in [2.24, 2.45) is 0 Å². The number of rotatable bonds is 4. The van der Waals surface area contributed by atoms with Crippen LogP contribution in [0.3, 0.4) is 0 Å². The van der Waals surface area contributed by atoms with Crippen molar-refractivity contribution >= 4 is 40.8 Å². The predicted octanol–water partition coefficient (Wildman–Crippen LogP) is 3.53. The van der Waals surface area contributed by atoms with Crippen LogP contribution in [-0.4, -0.2) is 40.7 Å². The molecule has 2 atom stereocenters. The molecule has 2 aromatic rings. The van der Waals surface area contributed by atoms with Crippen molar-refractivity contribution in [1.82, 2.24) is 15.1 Å². The number of amides is 4. The summed E-state index contributed by atoms with van der Waals surface area (Å²) in [5, 5.41) is 5.26. The van der Waals surface area contributed by atoms with Crippen LogP contribution < -0.4 is 5.32 Å². The van der Waals surface area contributed by atoms with Crippen LogP contribution in [0.25, 0.3) is 0 Å². The number of likely N-dealkylation sites (tertiary alicyclic amines) is 1. The molecule has 6 nitrogen and oxygen atoms in total. The Morgan fingerprint density at radius 3 is 2.71 bits per heavy atom. The Hall–Kier alpha value is -2.38. The van der Waals surface area contributed by atoms with Gasteiger partial charge in [-0.25, -0.2) is 4.79 Å². The van der Waals surface area contributed by atoms with Crippen LogP contribution in [0.5, 0.6) is 0 Å². The summed E-state index contributed by atoms with van der Waals surface area (Å²) < 4.78 is 0. The molecular formula is C20H20ClN3O3S. The van der Waals surface area contributed by atoms with Gasteiger partial charge in [0.1, 0.15) is 12.1 Å². The number of benzene rings is 1. The van der Waals surface area contributed by atoms with E-state index in [1.54, 1.807) is 47.4 Å². The minimum Gasteiger partial charge on any atom is -0.333 e. The number of nitrogens with one attached hydrogen (secondary N) is 1. The van der Waals surface area contributed by atoms with E-state index >= 15 is 0 Å². The predicted molar refractivity (Wildman–Crippen MR) is 107 cm³/mol. The second-order valence-corrected chi connectivity index (χ2v) is 8.63. The average Bonchev–Trinajstić information content (AvgIpc) is 3.39. The van der Waals surface area contributed by atoms with Crippen molar-refractivity contribution in [3.63, 3.8) is 0 Å². The quantitative estimate of drug-likeness (QED) is 0.773. The van der Waals surface area contributed by atoms with Gasteiger partial charge in [-0.2, -0.15) is 0 Å². The first-order valence-corrected chi connectivity index (χ1v) is 10.4. The van der Waals surface area contributed by atoms with E-state index in [4.69, 9.17) is 11.6 Å². The lowest BCUT2D eigenvalue weighted by molar-refractivity contribution is -0.139. The first-order valence-electron chi connectivity index (χ1n) is 9.13. The third-order valence-corrected chi connectivity index (χ3v) is 6.66. The minimum absolute atomic E-state index is 0.0240. The number of halogens is 1. The Morgan fingerprint density at radius 2 is 2.04 bits per heavy atom. The van der Waals surface area contributed by atoms with Crippen LogP contribution in [0.1, 0.15) is 36.2 Å². The fourth-order valence-electron chi connectivity index (χ4n) is 3.89. The van der Waals surface area contributed by atoms with E-state index in [-0.39, 0.29) is 18.5 Å². The van der Waals surface area contributed by atoms with Crippen LogP contribution in [0, 0.1) is 0 Å². The summed E-state index contributed by atoms with van der Waals surface area (Å²) in [5.41, 5.74) is -0.581. The summed E-state index contributed by atoms with van der Waals surface area (Å²) in [7, 11) is 0. The number of urea groups is 1. The smallest absolute Gasteiger partial charge is 0.325 e. The summed E-state index contributed by atoms with van der Waals surface area (Å²) >= 11 is 7.54. The van der Waals surface area contributed by atoms with Gasteiger partial charge in [0.15, 0.2) is 0 Å². The molecule has 4 rings (SSSR count). The second kappa shape index (κ2) is 7.22. The molecule has 2 aliphatic rings. The second-order valence-electron chi connectivity index (χ2n) is 7.21. The molecule has 2 saturated heterocycles. The molecule has 0 radical (unpaired) electrons. The minimum atomic E-state index is -1.21. The van der Waals surface area contributed by atoms with Crippen LogP contribution in [0.15, 0.2) is 41.8 Å². The van der Waals surface area contributed by atoms with E-state index in [1.165, 1.54) is 0 Å². The monoisotopic (exact) mass is 417 g/mol. The summed E-state index contributed by atoms with van der Waals surface area (Å²) in [6.45, 7) is 2.03. The van der Waals surface area contributed by atoms with Gasteiger partial charge in [0.05, 0.1) is 6.04 Å².